The van der Waals surface area contributed by atoms with Crippen LogP contribution in [0.5, 0.6) is 0 Å². The second kappa shape index (κ2) is 4.45. The van der Waals surface area contributed by atoms with Gasteiger partial charge >= 0.3 is 0 Å². The molecule has 1 fully saturated rings. The predicted octanol–water partition coefficient (Wildman–Crippen LogP) is 2.84. The van der Waals surface area contributed by atoms with Gasteiger partial charge in [-0.05, 0) is 25.5 Å². The molecule has 3 atom stereocenters. The van der Waals surface area contributed by atoms with Gasteiger partial charge in [0.1, 0.15) is 11.9 Å². The van der Waals surface area contributed by atoms with Gasteiger partial charge in [0.2, 0.25) is 0 Å². The minimum absolute atomic E-state index is 0.0924. The fourth-order valence-electron chi connectivity index (χ4n) is 3.91. The molecule has 3 nitrogen and oxygen atoms in total. The Morgan fingerprint density at radius 3 is 2.75 bits per heavy atom. The number of Topliss-reactive ketones (excluding diaryl/α,β-unsaturated/α-hetero) is 1. The highest BCUT2D eigenvalue weighted by molar-refractivity contribution is 5.98. The molecule has 0 spiro atoms. The Kier molecular flexibility index (Phi) is 2.71. The minimum Gasteiger partial charge on any atom is -0.489 e. The maximum Gasteiger partial charge on any atom is 0.167 e. The van der Waals surface area contributed by atoms with Crippen LogP contribution in [0, 0.1) is 0 Å². The van der Waals surface area contributed by atoms with Crippen molar-refractivity contribution in [3.05, 3.63) is 47.2 Å². The molecule has 20 heavy (non-hydrogen) atoms. The molecule has 0 amide bonds. The number of ketones is 1. The highest BCUT2D eigenvalue weighted by atomic mass is 16.5. The minimum atomic E-state index is -0.0924. The summed E-state index contributed by atoms with van der Waals surface area (Å²) in [6.45, 7) is 0. The van der Waals surface area contributed by atoms with Crippen LogP contribution >= 0.6 is 0 Å². The molecule has 0 aliphatic carbocycles. The van der Waals surface area contributed by atoms with Crippen molar-refractivity contribution in [2.24, 2.45) is 0 Å². The van der Waals surface area contributed by atoms with E-state index in [0.29, 0.717) is 18.5 Å². The summed E-state index contributed by atoms with van der Waals surface area (Å²) < 4.78 is 6.21. The van der Waals surface area contributed by atoms with E-state index in [1.54, 1.807) is 0 Å². The summed E-state index contributed by atoms with van der Waals surface area (Å²) in [6.07, 6.45) is 3.58. The van der Waals surface area contributed by atoms with E-state index in [2.05, 4.69) is 11.9 Å². The van der Waals surface area contributed by atoms with Gasteiger partial charge in [0.05, 0.1) is 12.0 Å². The molecule has 2 bridgehead atoms. The maximum absolute atomic E-state index is 12.6. The summed E-state index contributed by atoms with van der Waals surface area (Å²) in [5.41, 5.74) is 2.08. The predicted molar refractivity (Wildman–Crippen MR) is 76.1 cm³/mol. The topological polar surface area (TPSA) is 29.5 Å². The van der Waals surface area contributed by atoms with Gasteiger partial charge in [-0.3, -0.25) is 9.69 Å². The second-order valence-corrected chi connectivity index (χ2v) is 6.10. The molecular formula is C17H19NO2. The lowest BCUT2D eigenvalue weighted by atomic mass is 9.89. The number of ether oxygens (including phenoxy) is 1. The molecule has 1 saturated heterocycles. The van der Waals surface area contributed by atoms with Crippen molar-refractivity contribution in [1.82, 2.24) is 4.90 Å². The quantitative estimate of drug-likeness (QED) is 0.785. The standard InChI is InChI=1S/C17H19NO2/c1-18-12-7-8-13(18)17-14(19)10-15(20-16(17)9-12)11-5-3-2-4-6-11/h2-6,12-13,15H,7-10H2,1H3/t12?,13?,15-/m0/s1. The van der Waals surface area contributed by atoms with Gasteiger partial charge < -0.3 is 4.74 Å². The van der Waals surface area contributed by atoms with E-state index in [1.165, 1.54) is 6.42 Å². The third-order valence-corrected chi connectivity index (χ3v) is 5.02. The van der Waals surface area contributed by atoms with Crippen molar-refractivity contribution >= 4 is 5.78 Å². The number of rotatable bonds is 1. The van der Waals surface area contributed by atoms with Crippen molar-refractivity contribution in [2.45, 2.75) is 43.9 Å². The van der Waals surface area contributed by atoms with Gasteiger partial charge in [0.25, 0.3) is 0 Å². The molecule has 3 heterocycles. The Labute approximate surface area is 119 Å². The third-order valence-electron chi connectivity index (χ3n) is 5.02. The number of carbonyl (C=O) groups excluding carboxylic acids is 1. The van der Waals surface area contributed by atoms with Gasteiger partial charge in [-0.2, -0.15) is 0 Å². The highest BCUT2D eigenvalue weighted by Gasteiger charge is 2.45. The smallest absolute Gasteiger partial charge is 0.167 e. The van der Waals surface area contributed by atoms with Crippen molar-refractivity contribution in [3.8, 4) is 0 Å². The molecule has 0 aromatic heterocycles. The first-order valence-electron chi connectivity index (χ1n) is 7.44. The molecule has 4 rings (SSSR count). The van der Waals surface area contributed by atoms with Crippen molar-refractivity contribution < 1.29 is 9.53 Å². The van der Waals surface area contributed by atoms with Crippen LogP contribution in [0.3, 0.4) is 0 Å². The Morgan fingerprint density at radius 2 is 1.95 bits per heavy atom. The van der Waals surface area contributed by atoms with Gasteiger partial charge in [0, 0.05) is 18.5 Å². The molecule has 1 aromatic rings. The molecule has 104 valence electrons. The number of hydrogen-bond donors (Lipinski definition) is 0. The Balaban J connectivity index is 1.68. The lowest BCUT2D eigenvalue weighted by molar-refractivity contribution is -0.121. The second-order valence-electron chi connectivity index (χ2n) is 6.10. The van der Waals surface area contributed by atoms with Gasteiger partial charge in [0.15, 0.2) is 5.78 Å². The fraction of sp³-hybridized carbons (Fsp3) is 0.471. The highest BCUT2D eigenvalue weighted by Crippen LogP contribution is 2.44. The normalized spacial score (nSPS) is 33.0. The average molecular weight is 269 g/mol. The van der Waals surface area contributed by atoms with Crippen molar-refractivity contribution in [3.63, 3.8) is 0 Å². The number of hydrogen-bond acceptors (Lipinski definition) is 3. The molecule has 0 N–H and O–H groups in total. The summed E-state index contributed by atoms with van der Waals surface area (Å²) in [7, 11) is 2.14. The van der Waals surface area contributed by atoms with E-state index in [0.717, 1.165) is 29.7 Å². The Morgan fingerprint density at radius 1 is 1.15 bits per heavy atom. The molecule has 3 aliphatic heterocycles. The maximum atomic E-state index is 12.6. The van der Waals surface area contributed by atoms with Crippen molar-refractivity contribution in [1.29, 1.82) is 0 Å². The van der Waals surface area contributed by atoms with Gasteiger partial charge in [-0.1, -0.05) is 30.3 Å². The van der Waals surface area contributed by atoms with Crippen LogP contribution in [0.1, 0.15) is 37.4 Å². The van der Waals surface area contributed by atoms with Crippen LogP contribution < -0.4 is 0 Å². The van der Waals surface area contributed by atoms with E-state index >= 15 is 0 Å². The summed E-state index contributed by atoms with van der Waals surface area (Å²) in [5, 5.41) is 0. The average Bonchev–Trinajstić information content (AvgIpc) is 2.72. The Hall–Kier alpha value is -1.61. The van der Waals surface area contributed by atoms with Crippen LogP contribution in [0.2, 0.25) is 0 Å². The first-order valence-corrected chi connectivity index (χ1v) is 7.44. The first kappa shape index (κ1) is 12.2. The number of carbonyl (C=O) groups is 1. The number of benzene rings is 1. The Bertz CT molecular complexity index is 578. The van der Waals surface area contributed by atoms with Gasteiger partial charge in [-0.15, -0.1) is 0 Å². The third kappa shape index (κ3) is 1.73. The molecular weight excluding hydrogens is 250 g/mol. The molecule has 2 unspecified atom stereocenters. The first-order chi connectivity index (χ1) is 9.74. The SMILES string of the molecule is CN1C2CCC1C1=C(C2)O[C@H](c2ccccc2)CC1=O. The number of fused-ring (bicyclic) bond motifs is 3. The van der Waals surface area contributed by atoms with E-state index in [1.807, 2.05) is 30.3 Å². The van der Waals surface area contributed by atoms with E-state index in [-0.39, 0.29) is 11.9 Å². The molecule has 0 radical (unpaired) electrons. The van der Waals surface area contributed by atoms with E-state index in [4.69, 9.17) is 4.74 Å². The molecule has 3 heteroatoms. The molecule has 3 aliphatic rings. The number of likely N-dealkylation sites (N-methyl/N-ethyl adjacent to an activating group) is 1. The summed E-state index contributed by atoms with van der Waals surface area (Å²) in [6, 6.07) is 11.0. The lowest BCUT2D eigenvalue weighted by Crippen LogP contribution is -2.42. The van der Waals surface area contributed by atoms with Crippen molar-refractivity contribution in [2.75, 3.05) is 7.05 Å². The van der Waals surface area contributed by atoms with Crippen LogP contribution in [-0.4, -0.2) is 29.8 Å². The van der Waals surface area contributed by atoms with Crippen LogP contribution in [0.4, 0.5) is 0 Å². The number of nitrogens with zero attached hydrogens (tertiary/aromatic N) is 1. The summed E-state index contributed by atoms with van der Waals surface area (Å²) >= 11 is 0. The molecule has 1 aromatic carbocycles. The van der Waals surface area contributed by atoms with E-state index < -0.39 is 0 Å². The fourth-order valence-corrected chi connectivity index (χ4v) is 3.91. The zero-order valence-corrected chi connectivity index (χ0v) is 11.7. The zero-order valence-electron chi connectivity index (χ0n) is 11.7. The lowest BCUT2D eigenvalue weighted by Gasteiger charge is -2.38. The van der Waals surface area contributed by atoms with E-state index in [9.17, 15) is 4.79 Å². The van der Waals surface area contributed by atoms with Crippen LogP contribution in [0.25, 0.3) is 0 Å². The zero-order chi connectivity index (χ0) is 13.7. The summed E-state index contributed by atoms with van der Waals surface area (Å²) in [4.78, 5) is 14.9. The van der Waals surface area contributed by atoms with Crippen LogP contribution in [-0.2, 0) is 9.53 Å². The monoisotopic (exact) mass is 269 g/mol. The van der Waals surface area contributed by atoms with Gasteiger partial charge in [-0.25, -0.2) is 0 Å². The molecule has 0 saturated carbocycles. The summed E-state index contributed by atoms with van der Waals surface area (Å²) in [5.74, 6) is 1.26. The largest absolute Gasteiger partial charge is 0.489 e. The van der Waals surface area contributed by atoms with Crippen LogP contribution in [0.15, 0.2) is 41.7 Å².